The first kappa shape index (κ1) is 17.3. The van der Waals surface area contributed by atoms with Crippen molar-refractivity contribution in [2.45, 2.75) is 52.5 Å². The maximum absolute atomic E-state index is 5.98. The summed E-state index contributed by atoms with van der Waals surface area (Å²) >= 11 is 0. The van der Waals surface area contributed by atoms with Gasteiger partial charge in [0.05, 0.1) is 6.61 Å². The molecule has 1 aromatic carbocycles. The second kappa shape index (κ2) is 9.23. The van der Waals surface area contributed by atoms with Crippen LogP contribution in [0, 0.1) is 0 Å². The number of hydrogen-bond acceptors (Lipinski definition) is 2. The van der Waals surface area contributed by atoms with Gasteiger partial charge in [0.1, 0.15) is 5.75 Å². The lowest BCUT2D eigenvalue weighted by Gasteiger charge is -2.13. The van der Waals surface area contributed by atoms with Gasteiger partial charge in [-0.05, 0) is 42.9 Å². The van der Waals surface area contributed by atoms with Crippen molar-refractivity contribution in [1.82, 2.24) is 0 Å². The molecule has 104 valence electrons. The van der Waals surface area contributed by atoms with Gasteiger partial charge >= 0.3 is 0 Å². The number of halogens is 1. The van der Waals surface area contributed by atoms with Gasteiger partial charge in [-0.1, -0.05) is 32.9 Å². The van der Waals surface area contributed by atoms with Crippen molar-refractivity contribution >= 4 is 12.4 Å². The molecule has 2 nitrogen and oxygen atoms in total. The minimum Gasteiger partial charge on any atom is -0.493 e. The molecule has 2 N–H and O–H groups in total. The molecule has 0 saturated heterocycles. The zero-order valence-electron chi connectivity index (χ0n) is 11.7. The lowest BCUT2D eigenvalue weighted by atomic mass is 10.0. The molecule has 0 heterocycles. The monoisotopic (exact) mass is 271 g/mol. The molecule has 1 unspecified atom stereocenters. The Bertz CT molecular complexity index is 341. The molecule has 0 aliphatic heterocycles. The molecular weight excluding hydrogens is 246 g/mol. The van der Waals surface area contributed by atoms with Crippen LogP contribution in [-0.4, -0.2) is 12.6 Å². The highest BCUT2D eigenvalue weighted by Crippen LogP contribution is 2.22. The lowest BCUT2D eigenvalue weighted by Crippen LogP contribution is -2.21. The smallest absolute Gasteiger partial charge is 0.122 e. The van der Waals surface area contributed by atoms with E-state index in [9.17, 15) is 0 Å². The number of nitrogens with two attached hydrogens (primary N) is 1. The summed E-state index contributed by atoms with van der Waals surface area (Å²) in [4.78, 5) is 0. The molecular formula is C15H26ClNO. The molecule has 18 heavy (non-hydrogen) atoms. The van der Waals surface area contributed by atoms with Crippen LogP contribution in [0.4, 0.5) is 0 Å². The normalized spacial score (nSPS) is 11.8. The Hall–Kier alpha value is -0.730. The Morgan fingerprint density at radius 3 is 2.50 bits per heavy atom. The average Bonchev–Trinajstić information content (AvgIpc) is 2.36. The third-order valence-electron chi connectivity index (χ3n) is 2.99. The highest BCUT2D eigenvalue weighted by Gasteiger charge is 2.06. The van der Waals surface area contributed by atoms with Crippen LogP contribution in [0.5, 0.6) is 5.75 Å². The van der Waals surface area contributed by atoms with Gasteiger partial charge < -0.3 is 10.5 Å². The van der Waals surface area contributed by atoms with Gasteiger partial charge in [0.2, 0.25) is 0 Å². The van der Waals surface area contributed by atoms with Crippen molar-refractivity contribution in [3.05, 3.63) is 29.3 Å². The van der Waals surface area contributed by atoms with Gasteiger partial charge in [-0.15, -0.1) is 12.4 Å². The van der Waals surface area contributed by atoms with Crippen LogP contribution in [0.25, 0.3) is 0 Å². The van der Waals surface area contributed by atoms with E-state index in [1.165, 1.54) is 11.1 Å². The maximum Gasteiger partial charge on any atom is 0.122 e. The van der Waals surface area contributed by atoms with E-state index < -0.39 is 0 Å². The lowest BCUT2D eigenvalue weighted by molar-refractivity contribution is 0.314. The van der Waals surface area contributed by atoms with Crippen molar-refractivity contribution in [1.29, 1.82) is 0 Å². The highest BCUT2D eigenvalue weighted by molar-refractivity contribution is 5.85. The Kier molecular flexibility index (Phi) is 8.86. The topological polar surface area (TPSA) is 35.2 Å². The van der Waals surface area contributed by atoms with Gasteiger partial charge in [-0.3, -0.25) is 0 Å². The number of hydrogen-bond donors (Lipinski definition) is 1. The van der Waals surface area contributed by atoms with E-state index in [1.54, 1.807) is 0 Å². The number of benzene rings is 1. The Morgan fingerprint density at radius 1 is 1.22 bits per heavy atom. The second-order valence-corrected chi connectivity index (χ2v) is 4.52. The van der Waals surface area contributed by atoms with Crippen LogP contribution in [0.2, 0.25) is 0 Å². The molecule has 1 atom stereocenters. The molecule has 0 amide bonds. The van der Waals surface area contributed by atoms with Crippen LogP contribution in [0.1, 0.15) is 44.7 Å². The van der Waals surface area contributed by atoms with E-state index in [2.05, 4.69) is 39.0 Å². The Morgan fingerprint density at radius 2 is 1.94 bits per heavy atom. The first-order chi connectivity index (χ1) is 8.21. The molecule has 3 heteroatoms. The van der Waals surface area contributed by atoms with E-state index >= 15 is 0 Å². The van der Waals surface area contributed by atoms with Gasteiger partial charge in [0, 0.05) is 6.04 Å². The molecule has 0 bridgehead atoms. The second-order valence-electron chi connectivity index (χ2n) is 4.52. The van der Waals surface area contributed by atoms with Crippen molar-refractivity contribution < 1.29 is 4.74 Å². The molecule has 0 saturated carbocycles. The molecule has 0 aliphatic carbocycles. The molecule has 1 aromatic rings. The fourth-order valence-corrected chi connectivity index (χ4v) is 1.84. The zero-order chi connectivity index (χ0) is 12.7. The van der Waals surface area contributed by atoms with Crippen molar-refractivity contribution in [3.8, 4) is 5.75 Å². The average molecular weight is 272 g/mol. The predicted molar refractivity (Wildman–Crippen MR) is 80.8 cm³/mol. The van der Waals surface area contributed by atoms with E-state index in [-0.39, 0.29) is 18.4 Å². The quantitative estimate of drug-likeness (QED) is 0.820. The number of rotatable bonds is 7. The van der Waals surface area contributed by atoms with E-state index in [0.717, 1.165) is 38.0 Å². The summed E-state index contributed by atoms with van der Waals surface area (Å²) in [6.45, 7) is 7.21. The fourth-order valence-electron chi connectivity index (χ4n) is 1.84. The Labute approximate surface area is 117 Å². The first-order valence-electron chi connectivity index (χ1n) is 6.71. The van der Waals surface area contributed by atoms with Crippen LogP contribution < -0.4 is 10.5 Å². The van der Waals surface area contributed by atoms with Gasteiger partial charge in [0.25, 0.3) is 0 Å². The van der Waals surface area contributed by atoms with E-state index in [1.807, 2.05) is 0 Å². The number of aryl methyl sites for hydroxylation is 1. The standard InChI is InChI=1S/C15H25NO.ClH/c1-4-9-17-15-8-7-12(10-13(15)5-2)11-14(16)6-3;/h7-8,10,14H,4-6,9,11,16H2,1-3H3;1H. The third kappa shape index (κ3) is 5.28. The first-order valence-corrected chi connectivity index (χ1v) is 6.71. The predicted octanol–water partition coefficient (Wildman–Crippen LogP) is 3.74. The van der Waals surface area contributed by atoms with Gasteiger partial charge in [0.15, 0.2) is 0 Å². The molecule has 0 aliphatic rings. The summed E-state index contributed by atoms with van der Waals surface area (Å²) < 4.78 is 5.73. The van der Waals surface area contributed by atoms with Crippen LogP contribution in [0.3, 0.4) is 0 Å². The molecule has 0 radical (unpaired) electrons. The molecule has 0 spiro atoms. The van der Waals surface area contributed by atoms with Crippen LogP contribution >= 0.6 is 12.4 Å². The maximum atomic E-state index is 5.98. The molecule has 1 rings (SSSR count). The SMILES string of the molecule is CCCOc1ccc(CC(N)CC)cc1CC.Cl. The summed E-state index contributed by atoms with van der Waals surface area (Å²) in [5.41, 5.74) is 8.59. The molecule has 0 fully saturated rings. The van der Waals surface area contributed by atoms with E-state index in [0.29, 0.717) is 0 Å². The summed E-state index contributed by atoms with van der Waals surface area (Å²) in [5.74, 6) is 1.03. The fraction of sp³-hybridized carbons (Fsp3) is 0.600. The summed E-state index contributed by atoms with van der Waals surface area (Å²) in [7, 11) is 0. The highest BCUT2D eigenvalue weighted by atomic mass is 35.5. The van der Waals surface area contributed by atoms with Crippen LogP contribution in [-0.2, 0) is 12.8 Å². The summed E-state index contributed by atoms with van der Waals surface area (Å²) in [5, 5.41) is 0. The Balaban J connectivity index is 0.00000289. The minimum atomic E-state index is 0. The van der Waals surface area contributed by atoms with E-state index in [4.69, 9.17) is 10.5 Å². The minimum absolute atomic E-state index is 0. The zero-order valence-corrected chi connectivity index (χ0v) is 12.6. The largest absolute Gasteiger partial charge is 0.493 e. The summed E-state index contributed by atoms with van der Waals surface area (Å²) in [6.07, 6.45) is 4.03. The van der Waals surface area contributed by atoms with Crippen molar-refractivity contribution in [2.75, 3.05) is 6.61 Å². The third-order valence-corrected chi connectivity index (χ3v) is 2.99. The van der Waals surface area contributed by atoms with Crippen LogP contribution in [0.15, 0.2) is 18.2 Å². The molecule has 0 aromatic heterocycles. The van der Waals surface area contributed by atoms with Crippen molar-refractivity contribution in [2.24, 2.45) is 5.73 Å². The number of ether oxygens (including phenoxy) is 1. The summed E-state index contributed by atoms with van der Waals surface area (Å²) in [6, 6.07) is 6.73. The van der Waals surface area contributed by atoms with Gasteiger partial charge in [-0.25, -0.2) is 0 Å². The van der Waals surface area contributed by atoms with Crippen molar-refractivity contribution in [3.63, 3.8) is 0 Å². The van der Waals surface area contributed by atoms with Gasteiger partial charge in [-0.2, -0.15) is 0 Å².